The normalized spacial score (nSPS) is 17.8. The van der Waals surface area contributed by atoms with E-state index in [-0.39, 0.29) is 41.6 Å². The zero-order chi connectivity index (χ0) is 24.7. The maximum Gasteiger partial charge on any atom is 0.251 e. The molecule has 0 bridgehead atoms. The number of anilines is 1. The summed E-state index contributed by atoms with van der Waals surface area (Å²) < 4.78 is 51.7. The molecular weight excluding hydrogens is 498 g/mol. The van der Waals surface area contributed by atoms with Crippen molar-refractivity contribution in [1.29, 1.82) is 0 Å². The summed E-state index contributed by atoms with van der Waals surface area (Å²) in [7, 11) is -7.77. The minimum absolute atomic E-state index is 0.0854. The maximum absolute atomic E-state index is 13.2. The number of sulfonamides is 1. The van der Waals surface area contributed by atoms with E-state index in [4.69, 9.17) is 5.73 Å². The Kier molecular flexibility index (Phi) is 6.87. The summed E-state index contributed by atoms with van der Waals surface area (Å²) in [5, 5.41) is 3.34. The fourth-order valence-corrected chi connectivity index (χ4v) is 8.97. The van der Waals surface area contributed by atoms with Gasteiger partial charge in [0.1, 0.15) is 9.90 Å². The Balaban J connectivity index is 1.47. The molecule has 0 unspecified atom stereocenters. The number of amides is 2. The number of sulfone groups is 1. The first-order valence-corrected chi connectivity index (χ1v) is 15.2. The Labute approximate surface area is 203 Å². The molecule has 2 aromatic rings. The van der Waals surface area contributed by atoms with Crippen molar-refractivity contribution in [1.82, 2.24) is 4.31 Å². The first-order chi connectivity index (χ1) is 16.0. The van der Waals surface area contributed by atoms with Crippen LogP contribution in [0.25, 0.3) is 0 Å². The van der Waals surface area contributed by atoms with E-state index in [2.05, 4.69) is 5.32 Å². The topological polar surface area (TPSA) is 144 Å². The van der Waals surface area contributed by atoms with Crippen LogP contribution < -0.4 is 11.1 Å². The molecule has 4 rings (SSSR count). The number of nitrogens with zero attached hydrogens (tertiary/aromatic N) is 1. The van der Waals surface area contributed by atoms with Gasteiger partial charge in [-0.3, -0.25) is 9.59 Å². The smallest absolute Gasteiger partial charge is 0.251 e. The highest BCUT2D eigenvalue weighted by molar-refractivity contribution is 7.93. The van der Waals surface area contributed by atoms with Crippen molar-refractivity contribution in [2.75, 3.05) is 24.7 Å². The van der Waals surface area contributed by atoms with E-state index in [1.807, 2.05) is 0 Å². The third kappa shape index (κ3) is 4.77. The van der Waals surface area contributed by atoms with Crippen LogP contribution in [0, 0.1) is 5.92 Å². The molecule has 12 heteroatoms. The van der Waals surface area contributed by atoms with Crippen LogP contribution >= 0.6 is 11.3 Å². The number of nitrogens with two attached hydrogens (primary N) is 1. The molecule has 1 aromatic carbocycles. The quantitative estimate of drug-likeness (QED) is 0.592. The SMILES string of the molecule is CS(=O)(=O)c1ccccc1S(=O)(=O)N1CCC(C(=O)Nc2sc3c(c2C(N)=O)CCCC3)CC1. The predicted molar refractivity (Wildman–Crippen MR) is 129 cm³/mol. The van der Waals surface area contributed by atoms with Crippen molar-refractivity contribution < 1.29 is 26.4 Å². The Bertz CT molecular complexity index is 1340. The Morgan fingerprint density at radius 2 is 1.65 bits per heavy atom. The molecule has 0 saturated carbocycles. The minimum Gasteiger partial charge on any atom is -0.365 e. The summed E-state index contributed by atoms with van der Waals surface area (Å²) in [6.45, 7) is 0.171. The summed E-state index contributed by atoms with van der Waals surface area (Å²) in [6.07, 6.45) is 5.18. The lowest BCUT2D eigenvalue weighted by atomic mass is 9.95. The number of piperidine rings is 1. The molecule has 2 amide bonds. The fraction of sp³-hybridized carbons (Fsp3) is 0.455. The Morgan fingerprint density at radius 3 is 2.26 bits per heavy atom. The number of hydrogen-bond donors (Lipinski definition) is 2. The average molecular weight is 526 g/mol. The highest BCUT2D eigenvalue weighted by Crippen LogP contribution is 2.38. The van der Waals surface area contributed by atoms with Crippen LogP contribution in [-0.2, 0) is 37.5 Å². The number of primary amides is 1. The van der Waals surface area contributed by atoms with E-state index < -0.39 is 31.7 Å². The van der Waals surface area contributed by atoms with Gasteiger partial charge in [0.2, 0.25) is 15.9 Å². The molecule has 1 aromatic heterocycles. The molecule has 184 valence electrons. The molecule has 0 radical (unpaired) electrons. The van der Waals surface area contributed by atoms with Crippen LogP contribution in [0.15, 0.2) is 34.1 Å². The summed E-state index contributed by atoms with van der Waals surface area (Å²) in [6, 6.07) is 5.53. The number of fused-ring (bicyclic) bond motifs is 1. The third-order valence-corrected chi connectivity index (χ3v) is 10.8. The first kappa shape index (κ1) is 24.8. The van der Waals surface area contributed by atoms with Crippen molar-refractivity contribution in [3.63, 3.8) is 0 Å². The summed E-state index contributed by atoms with van der Waals surface area (Å²) in [5.74, 6) is -1.26. The number of carbonyl (C=O) groups is 2. The van der Waals surface area contributed by atoms with Gasteiger partial charge in [-0.1, -0.05) is 12.1 Å². The van der Waals surface area contributed by atoms with Crippen LogP contribution in [0.3, 0.4) is 0 Å². The monoisotopic (exact) mass is 525 g/mol. The zero-order valence-corrected chi connectivity index (χ0v) is 21.2. The molecule has 34 heavy (non-hydrogen) atoms. The van der Waals surface area contributed by atoms with E-state index in [0.717, 1.165) is 42.4 Å². The standard InChI is InChI=1S/C22H27N3O6S3/c1-33(28,29)17-8-4-5-9-18(17)34(30,31)25-12-10-14(11-13-25)21(27)24-22-19(20(23)26)15-6-2-3-7-16(15)32-22/h4-5,8-9,14H,2-3,6-7,10-13H2,1H3,(H2,23,26)(H,24,27). The van der Waals surface area contributed by atoms with Crippen LogP contribution in [0.4, 0.5) is 5.00 Å². The van der Waals surface area contributed by atoms with Crippen LogP contribution in [0.2, 0.25) is 0 Å². The van der Waals surface area contributed by atoms with Crippen molar-refractivity contribution in [2.24, 2.45) is 11.7 Å². The number of hydrogen-bond acceptors (Lipinski definition) is 7. The molecule has 1 fully saturated rings. The van der Waals surface area contributed by atoms with Gasteiger partial charge in [0.25, 0.3) is 5.91 Å². The molecule has 2 aliphatic rings. The number of carbonyl (C=O) groups excluding carboxylic acids is 2. The van der Waals surface area contributed by atoms with Gasteiger partial charge in [-0.15, -0.1) is 11.3 Å². The van der Waals surface area contributed by atoms with E-state index in [1.54, 1.807) is 0 Å². The van der Waals surface area contributed by atoms with Gasteiger partial charge in [-0.05, 0) is 56.2 Å². The number of thiophene rings is 1. The highest BCUT2D eigenvalue weighted by atomic mass is 32.2. The van der Waals surface area contributed by atoms with E-state index >= 15 is 0 Å². The number of benzene rings is 1. The second-order valence-electron chi connectivity index (χ2n) is 8.67. The van der Waals surface area contributed by atoms with Gasteiger partial charge in [0, 0.05) is 30.1 Å². The minimum atomic E-state index is -4.04. The van der Waals surface area contributed by atoms with Crippen molar-refractivity contribution in [3.8, 4) is 0 Å². The molecule has 0 atom stereocenters. The van der Waals surface area contributed by atoms with Crippen molar-refractivity contribution in [2.45, 2.75) is 48.3 Å². The molecule has 1 aliphatic heterocycles. The third-order valence-electron chi connectivity index (χ3n) is 6.35. The fourth-order valence-electron chi connectivity index (χ4n) is 4.60. The Morgan fingerprint density at radius 1 is 1.03 bits per heavy atom. The van der Waals surface area contributed by atoms with Gasteiger partial charge in [0.15, 0.2) is 9.84 Å². The lowest BCUT2D eigenvalue weighted by Gasteiger charge is -2.30. The second kappa shape index (κ2) is 9.40. The Hall–Kier alpha value is -2.28. The summed E-state index contributed by atoms with van der Waals surface area (Å²) in [4.78, 5) is 25.6. The first-order valence-electron chi connectivity index (χ1n) is 11.0. The molecule has 3 N–H and O–H groups in total. The molecular formula is C22H27N3O6S3. The number of rotatable bonds is 6. The van der Waals surface area contributed by atoms with E-state index in [1.165, 1.54) is 39.9 Å². The summed E-state index contributed by atoms with van der Waals surface area (Å²) >= 11 is 1.39. The van der Waals surface area contributed by atoms with Gasteiger partial charge in [-0.2, -0.15) is 4.31 Å². The lowest BCUT2D eigenvalue weighted by Crippen LogP contribution is -2.41. The number of nitrogens with one attached hydrogen (secondary N) is 1. The van der Waals surface area contributed by atoms with Crippen molar-refractivity contribution >= 4 is 48.0 Å². The van der Waals surface area contributed by atoms with Gasteiger partial charge in [-0.25, -0.2) is 16.8 Å². The van der Waals surface area contributed by atoms with Gasteiger partial charge < -0.3 is 11.1 Å². The van der Waals surface area contributed by atoms with E-state index in [0.29, 0.717) is 10.6 Å². The molecule has 2 heterocycles. The average Bonchev–Trinajstić information content (AvgIpc) is 3.16. The summed E-state index contributed by atoms with van der Waals surface area (Å²) in [5.41, 5.74) is 6.93. The molecule has 9 nitrogen and oxygen atoms in total. The van der Waals surface area contributed by atoms with Gasteiger partial charge in [0.05, 0.1) is 10.5 Å². The molecule has 0 spiro atoms. The molecule has 1 saturated heterocycles. The molecule has 1 aliphatic carbocycles. The maximum atomic E-state index is 13.2. The van der Waals surface area contributed by atoms with Crippen molar-refractivity contribution in [3.05, 3.63) is 40.3 Å². The second-order valence-corrected chi connectivity index (χ2v) is 13.7. The predicted octanol–water partition coefficient (Wildman–Crippen LogP) is 2.17. The number of aryl methyl sites for hydroxylation is 1. The van der Waals surface area contributed by atoms with E-state index in [9.17, 15) is 26.4 Å². The van der Waals surface area contributed by atoms with Crippen LogP contribution in [0.1, 0.15) is 46.5 Å². The van der Waals surface area contributed by atoms with Crippen LogP contribution in [0.5, 0.6) is 0 Å². The van der Waals surface area contributed by atoms with Crippen LogP contribution in [-0.4, -0.2) is 52.3 Å². The largest absolute Gasteiger partial charge is 0.365 e. The zero-order valence-electron chi connectivity index (χ0n) is 18.7. The lowest BCUT2D eigenvalue weighted by molar-refractivity contribution is -0.120. The van der Waals surface area contributed by atoms with Gasteiger partial charge >= 0.3 is 0 Å². The highest BCUT2D eigenvalue weighted by Gasteiger charge is 2.35.